The maximum Gasteiger partial charge on any atom is 0.242 e. The van der Waals surface area contributed by atoms with Crippen LogP contribution in [0, 0.1) is 0 Å². The molecule has 0 atom stereocenters. The Morgan fingerprint density at radius 1 is 1.48 bits per heavy atom. The summed E-state index contributed by atoms with van der Waals surface area (Å²) in [6.07, 6.45) is 5.41. The van der Waals surface area contributed by atoms with Gasteiger partial charge < -0.3 is 14.8 Å². The molecule has 0 unspecified atom stereocenters. The lowest BCUT2D eigenvalue weighted by molar-refractivity contribution is 0.410. The van der Waals surface area contributed by atoms with Crippen LogP contribution >= 0.6 is 0 Å². The van der Waals surface area contributed by atoms with E-state index in [9.17, 15) is 8.42 Å². The number of nitrogens with two attached hydrogens (primary N) is 1. The first-order valence-electron chi connectivity index (χ1n) is 6.76. The molecule has 0 saturated heterocycles. The maximum atomic E-state index is 12.3. The lowest BCUT2D eigenvalue weighted by atomic mass is 10.4. The molecule has 114 valence electrons. The molecule has 9 heteroatoms. The summed E-state index contributed by atoms with van der Waals surface area (Å²) in [5.74, 6) is 0.468. The minimum Gasteiger partial charge on any atom is -0.346 e. The third-order valence-corrected chi connectivity index (χ3v) is 4.84. The number of nitrogens with zero attached hydrogens (tertiary/aromatic N) is 3. The zero-order chi connectivity index (χ0) is 14.9. The topological polar surface area (TPSA) is 116 Å². The van der Waals surface area contributed by atoms with E-state index in [1.165, 1.54) is 6.39 Å². The standard InChI is InChI=1S/C12H17N5O3S/c13-6-10-5-11(7-17(10)9-1-2-9)21(18,19)15-4-3-12-14-8-20-16-12/h5,7-9,15H,1-4,6,13H2. The Morgan fingerprint density at radius 3 is 2.90 bits per heavy atom. The van der Waals surface area contributed by atoms with E-state index < -0.39 is 10.0 Å². The predicted molar refractivity (Wildman–Crippen MR) is 73.8 cm³/mol. The number of hydrogen-bond donors (Lipinski definition) is 2. The van der Waals surface area contributed by atoms with Gasteiger partial charge in [0.2, 0.25) is 16.4 Å². The van der Waals surface area contributed by atoms with Crippen molar-refractivity contribution in [2.24, 2.45) is 5.73 Å². The first kappa shape index (κ1) is 14.2. The Morgan fingerprint density at radius 2 is 2.29 bits per heavy atom. The highest BCUT2D eigenvalue weighted by atomic mass is 32.2. The summed E-state index contributed by atoms with van der Waals surface area (Å²) in [5, 5.41) is 3.63. The van der Waals surface area contributed by atoms with Gasteiger partial charge in [0.1, 0.15) is 0 Å². The summed E-state index contributed by atoms with van der Waals surface area (Å²) in [4.78, 5) is 4.09. The van der Waals surface area contributed by atoms with Crippen LogP contribution < -0.4 is 10.5 Å². The Hall–Kier alpha value is -1.71. The second-order valence-electron chi connectivity index (χ2n) is 5.00. The van der Waals surface area contributed by atoms with Crippen LogP contribution in [0.15, 0.2) is 28.1 Å². The molecule has 0 radical (unpaired) electrons. The van der Waals surface area contributed by atoms with Gasteiger partial charge in [0.05, 0.1) is 4.90 Å². The third kappa shape index (κ3) is 3.14. The highest BCUT2D eigenvalue weighted by Crippen LogP contribution is 2.37. The van der Waals surface area contributed by atoms with E-state index in [0.717, 1.165) is 18.5 Å². The molecule has 1 fully saturated rings. The fraction of sp³-hybridized carbons (Fsp3) is 0.500. The molecule has 0 spiro atoms. The van der Waals surface area contributed by atoms with Crippen molar-refractivity contribution in [3.63, 3.8) is 0 Å². The van der Waals surface area contributed by atoms with Gasteiger partial charge in [-0.15, -0.1) is 0 Å². The molecule has 8 nitrogen and oxygen atoms in total. The summed E-state index contributed by atoms with van der Waals surface area (Å²) < 4.78 is 33.6. The van der Waals surface area contributed by atoms with Crippen LogP contribution in [0.1, 0.15) is 30.4 Å². The molecule has 3 rings (SSSR count). The lowest BCUT2D eigenvalue weighted by Crippen LogP contribution is -2.26. The van der Waals surface area contributed by atoms with Gasteiger partial charge in [-0.2, -0.15) is 4.98 Å². The molecule has 2 heterocycles. The third-order valence-electron chi connectivity index (χ3n) is 3.41. The minimum atomic E-state index is -3.54. The SMILES string of the molecule is NCc1cc(S(=O)(=O)NCCc2ncon2)cn1C1CC1. The Kier molecular flexibility index (Phi) is 3.79. The summed E-state index contributed by atoms with van der Waals surface area (Å²) in [5.41, 5.74) is 6.52. The number of rotatable bonds is 7. The van der Waals surface area contributed by atoms with Crippen molar-refractivity contribution in [2.45, 2.75) is 36.7 Å². The maximum absolute atomic E-state index is 12.3. The predicted octanol–water partition coefficient (Wildman–Crippen LogP) is 0.186. The number of hydrogen-bond acceptors (Lipinski definition) is 6. The van der Waals surface area contributed by atoms with Crippen LogP contribution in [-0.2, 0) is 23.0 Å². The molecule has 1 aliphatic carbocycles. The quantitative estimate of drug-likeness (QED) is 0.754. The van der Waals surface area contributed by atoms with Crippen molar-refractivity contribution in [3.05, 3.63) is 30.2 Å². The molecular weight excluding hydrogens is 294 g/mol. The first-order chi connectivity index (χ1) is 10.1. The van der Waals surface area contributed by atoms with Crippen molar-refractivity contribution in [1.29, 1.82) is 0 Å². The highest BCUT2D eigenvalue weighted by Gasteiger charge is 2.27. The molecule has 2 aromatic rings. The molecule has 1 saturated carbocycles. The van der Waals surface area contributed by atoms with Crippen molar-refractivity contribution in [2.75, 3.05) is 6.54 Å². The van der Waals surface area contributed by atoms with Gasteiger partial charge in [0.25, 0.3) is 0 Å². The van der Waals surface area contributed by atoms with Gasteiger partial charge in [-0.1, -0.05) is 5.16 Å². The Balaban J connectivity index is 1.69. The van der Waals surface area contributed by atoms with Gasteiger partial charge in [-0.3, -0.25) is 0 Å². The van der Waals surface area contributed by atoms with E-state index in [4.69, 9.17) is 5.73 Å². The molecular formula is C12H17N5O3S. The molecule has 0 bridgehead atoms. The van der Waals surface area contributed by atoms with E-state index >= 15 is 0 Å². The van der Waals surface area contributed by atoms with E-state index in [1.807, 2.05) is 4.57 Å². The van der Waals surface area contributed by atoms with Gasteiger partial charge in [0.15, 0.2) is 5.82 Å². The fourth-order valence-corrected chi connectivity index (χ4v) is 3.26. The molecule has 0 amide bonds. The average molecular weight is 311 g/mol. The molecule has 0 aromatic carbocycles. The number of aromatic nitrogens is 3. The van der Waals surface area contributed by atoms with Crippen molar-refractivity contribution < 1.29 is 12.9 Å². The molecule has 2 aromatic heterocycles. The van der Waals surface area contributed by atoms with Crippen LogP contribution in [0.2, 0.25) is 0 Å². The fourth-order valence-electron chi connectivity index (χ4n) is 2.18. The minimum absolute atomic E-state index is 0.217. The first-order valence-corrected chi connectivity index (χ1v) is 8.24. The lowest BCUT2D eigenvalue weighted by Gasteiger charge is -2.04. The second-order valence-corrected chi connectivity index (χ2v) is 6.77. The van der Waals surface area contributed by atoms with Crippen molar-refractivity contribution in [1.82, 2.24) is 19.4 Å². The molecule has 3 N–H and O–H groups in total. The van der Waals surface area contributed by atoms with Gasteiger partial charge in [-0.05, 0) is 18.9 Å². The van der Waals surface area contributed by atoms with E-state index in [0.29, 0.717) is 24.8 Å². The van der Waals surface area contributed by atoms with Crippen LogP contribution in [0.3, 0.4) is 0 Å². The monoisotopic (exact) mass is 311 g/mol. The van der Waals surface area contributed by atoms with Crippen molar-refractivity contribution >= 4 is 10.0 Å². The average Bonchev–Trinajstić information content (AvgIpc) is 3.00. The smallest absolute Gasteiger partial charge is 0.242 e. The summed E-state index contributed by atoms with van der Waals surface area (Å²) >= 11 is 0. The second kappa shape index (κ2) is 5.58. The zero-order valence-electron chi connectivity index (χ0n) is 11.4. The van der Waals surface area contributed by atoms with Crippen LogP contribution in [0.25, 0.3) is 0 Å². The highest BCUT2D eigenvalue weighted by molar-refractivity contribution is 7.89. The van der Waals surface area contributed by atoms with E-state index in [2.05, 4.69) is 19.4 Å². The van der Waals surface area contributed by atoms with E-state index in [1.54, 1.807) is 12.3 Å². The van der Waals surface area contributed by atoms with E-state index in [-0.39, 0.29) is 11.4 Å². The van der Waals surface area contributed by atoms with Crippen molar-refractivity contribution in [3.8, 4) is 0 Å². The zero-order valence-corrected chi connectivity index (χ0v) is 12.2. The molecule has 1 aliphatic rings. The summed E-state index contributed by atoms with van der Waals surface area (Å²) in [6, 6.07) is 2.03. The molecule has 21 heavy (non-hydrogen) atoms. The summed E-state index contributed by atoms with van der Waals surface area (Å²) in [7, 11) is -3.54. The number of sulfonamides is 1. The molecule has 0 aliphatic heterocycles. The van der Waals surface area contributed by atoms with Gasteiger partial charge in [0, 0.05) is 37.4 Å². The van der Waals surface area contributed by atoms with Crippen LogP contribution in [-0.4, -0.2) is 29.7 Å². The van der Waals surface area contributed by atoms with Crippen LogP contribution in [0.4, 0.5) is 0 Å². The largest absolute Gasteiger partial charge is 0.346 e. The summed E-state index contributed by atoms with van der Waals surface area (Å²) in [6.45, 7) is 0.545. The normalized spacial score (nSPS) is 15.5. The van der Waals surface area contributed by atoms with Gasteiger partial charge in [-0.25, -0.2) is 13.1 Å². The Bertz CT molecular complexity index is 703. The number of nitrogens with one attached hydrogen (secondary N) is 1. The van der Waals surface area contributed by atoms with Crippen LogP contribution in [0.5, 0.6) is 0 Å². The Labute approximate surface area is 122 Å². The van der Waals surface area contributed by atoms with Gasteiger partial charge >= 0.3 is 0 Å².